The minimum absolute atomic E-state index is 0.0589. The van der Waals surface area contributed by atoms with Crippen LogP contribution in [-0.4, -0.2) is 42.4 Å². The number of anilines is 1. The summed E-state index contributed by atoms with van der Waals surface area (Å²) in [6.45, 7) is 0. The number of aliphatic hydroxyl groups excluding tert-OH is 1. The zero-order valence-electron chi connectivity index (χ0n) is 12.6. The molecule has 0 saturated carbocycles. The Hall–Kier alpha value is -1.94. The van der Waals surface area contributed by atoms with Crippen LogP contribution >= 0.6 is 22.9 Å². The lowest BCUT2D eigenvalue weighted by atomic mass is 10.2. The summed E-state index contributed by atoms with van der Waals surface area (Å²) in [6, 6.07) is 6.18. The maximum atomic E-state index is 12.8. The van der Waals surface area contributed by atoms with E-state index in [-0.39, 0.29) is 25.6 Å². The van der Waals surface area contributed by atoms with Gasteiger partial charge in [0.2, 0.25) is 5.76 Å². The summed E-state index contributed by atoms with van der Waals surface area (Å²) in [5.74, 6) is -0.916. The molecular weight excluding hydrogens is 374 g/mol. The number of aromatic nitrogens is 1. The Morgan fingerprint density at radius 1 is 1.38 bits per heavy atom. The van der Waals surface area contributed by atoms with E-state index in [2.05, 4.69) is 10.3 Å². The Bertz CT molecular complexity index is 965. The minimum atomic E-state index is -3.95. The lowest BCUT2D eigenvalue weighted by Gasteiger charge is -2.32. The van der Waals surface area contributed by atoms with E-state index in [9.17, 15) is 18.3 Å². The number of amides is 1. The zero-order chi connectivity index (χ0) is 17.7. The van der Waals surface area contributed by atoms with Crippen LogP contribution < -0.4 is 5.32 Å². The predicted molar refractivity (Wildman–Crippen MR) is 91.0 cm³/mol. The summed E-state index contributed by atoms with van der Waals surface area (Å²) >= 11 is 6.80. The maximum Gasteiger partial charge on any atom is 0.333 e. The van der Waals surface area contributed by atoms with Crippen LogP contribution in [0.5, 0.6) is 0 Å². The molecule has 0 bridgehead atoms. The number of aliphatic hydroxyl groups is 1. The maximum absolute atomic E-state index is 12.8. The van der Waals surface area contributed by atoms with Gasteiger partial charge < -0.3 is 10.4 Å². The molecule has 0 atom stereocenters. The second-order valence-corrected chi connectivity index (χ2v) is 9.42. The number of fused-ring (bicyclic) bond motifs is 1. The Morgan fingerprint density at radius 3 is 2.71 bits per heavy atom. The van der Waals surface area contributed by atoms with Gasteiger partial charge >= 0.3 is 15.9 Å². The molecule has 1 aliphatic heterocycles. The molecule has 0 fully saturated rings. The number of carbonyl (C=O) groups is 1. The number of pyridine rings is 1. The van der Waals surface area contributed by atoms with Crippen LogP contribution in [0.3, 0.4) is 0 Å². The smallest absolute Gasteiger partial charge is 0.333 e. The van der Waals surface area contributed by atoms with Crippen molar-refractivity contribution in [3.8, 4) is 0 Å². The molecule has 0 spiro atoms. The van der Waals surface area contributed by atoms with E-state index >= 15 is 0 Å². The van der Waals surface area contributed by atoms with E-state index in [0.717, 1.165) is 11.3 Å². The highest BCUT2D eigenvalue weighted by Crippen LogP contribution is 2.44. The predicted octanol–water partition coefficient (Wildman–Crippen LogP) is 2.44. The van der Waals surface area contributed by atoms with Gasteiger partial charge in [-0.15, -0.1) is 11.3 Å². The average Bonchev–Trinajstić information content (AvgIpc) is 2.90. The molecule has 1 aliphatic rings. The fourth-order valence-corrected chi connectivity index (χ4v) is 5.54. The quantitative estimate of drug-likeness (QED) is 0.773. The largest absolute Gasteiger partial charge is 0.502 e. The van der Waals surface area contributed by atoms with Crippen LogP contribution in [0, 0.1) is 0 Å². The summed E-state index contributed by atoms with van der Waals surface area (Å²) in [7, 11) is -1.33. The average molecular weight is 387 g/mol. The van der Waals surface area contributed by atoms with Crippen LogP contribution in [0.2, 0.25) is 4.34 Å². The zero-order valence-corrected chi connectivity index (χ0v) is 15.0. The minimum Gasteiger partial charge on any atom is -0.502 e. The highest BCUT2D eigenvalue weighted by Gasteiger charge is 2.51. The van der Waals surface area contributed by atoms with Gasteiger partial charge in [-0.05, 0) is 18.2 Å². The number of quaternary nitrogens is 1. The number of carbonyl (C=O) groups excluding carboxylic acids is 1. The Labute approximate surface area is 147 Å². The van der Waals surface area contributed by atoms with Gasteiger partial charge in [-0.2, -0.15) is 12.3 Å². The van der Waals surface area contributed by atoms with Gasteiger partial charge in [0.1, 0.15) is 15.6 Å². The summed E-state index contributed by atoms with van der Waals surface area (Å²) in [6.07, 6.45) is 1.48. The Kier molecular flexibility index (Phi) is 3.91. The number of nitrogens with zero attached hydrogens (tertiary/aromatic N) is 2. The molecule has 0 unspecified atom stereocenters. The van der Waals surface area contributed by atoms with E-state index in [1.165, 1.54) is 26.4 Å². The highest BCUT2D eigenvalue weighted by molar-refractivity contribution is 7.86. The van der Waals surface area contributed by atoms with Crippen molar-refractivity contribution in [3.05, 3.63) is 45.4 Å². The fourth-order valence-electron chi connectivity index (χ4n) is 2.40. The number of thiophene rings is 1. The first-order chi connectivity index (χ1) is 11.2. The van der Waals surface area contributed by atoms with Crippen molar-refractivity contribution in [2.45, 2.75) is 4.90 Å². The number of hydrogen-bond donors (Lipinski definition) is 2. The number of hydrogen-bond acceptors (Lipinski definition) is 6. The molecule has 2 aromatic rings. The van der Waals surface area contributed by atoms with Crippen molar-refractivity contribution in [2.75, 3.05) is 19.4 Å². The first-order valence-corrected chi connectivity index (χ1v) is 9.35. The van der Waals surface area contributed by atoms with Gasteiger partial charge in [0.15, 0.2) is 0 Å². The number of likely N-dealkylation sites (N-methyl/N-ethyl adjacent to an activating group) is 1. The van der Waals surface area contributed by atoms with Gasteiger partial charge in [0.05, 0.1) is 18.4 Å². The van der Waals surface area contributed by atoms with E-state index in [4.69, 9.17) is 11.6 Å². The van der Waals surface area contributed by atoms with Crippen LogP contribution in [-0.2, 0) is 14.8 Å². The van der Waals surface area contributed by atoms with Gasteiger partial charge in [0.25, 0.3) is 5.70 Å². The SMILES string of the molecule is C[N+]1(C)C(C(=O)Nc2ccccn2)=C(O)c2sc(Cl)cc2S1(=O)=O. The first-order valence-electron chi connectivity index (χ1n) is 6.71. The fraction of sp³-hybridized carbons (Fsp3) is 0.143. The summed E-state index contributed by atoms with van der Waals surface area (Å²) in [5, 5.41) is 13.0. The Morgan fingerprint density at radius 2 is 2.08 bits per heavy atom. The molecule has 3 heterocycles. The third-order valence-electron chi connectivity index (χ3n) is 3.65. The van der Waals surface area contributed by atoms with Gasteiger partial charge in [-0.1, -0.05) is 17.7 Å². The molecule has 3 rings (SSSR count). The van der Waals surface area contributed by atoms with Crippen molar-refractivity contribution in [1.82, 2.24) is 4.98 Å². The number of halogens is 1. The lowest BCUT2D eigenvalue weighted by Crippen LogP contribution is -2.50. The molecule has 0 saturated heterocycles. The van der Waals surface area contributed by atoms with Crippen LogP contribution in [0.25, 0.3) is 5.76 Å². The molecule has 7 nitrogen and oxygen atoms in total. The molecule has 24 heavy (non-hydrogen) atoms. The molecule has 1 amide bonds. The van der Waals surface area contributed by atoms with Gasteiger partial charge in [-0.3, -0.25) is 4.79 Å². The standard InChI is InChI=1S/C14H12ClN3O4S2/c1-18(2)11(14(20)17-10-5-3-4-6-16-10)12(19)13-8(24(18,21)22)7-9(15)23-13/h3-7H,1-2H3,(H-,16,17,19,20)/p+1. The summed E-state index contributed by atoms with van der Waals surface area (Å²) in [5.41, 5.74) is -0.299. The third-order valence-corrected chi connectivity index (χ3v) is 7.31. The number of rotatable bonds is 2. The van der Waals surface area contributed by atoms with Crippen LogP contribution in [0.4, 0.5) is 5.82 Å². The van der Waals surface area contributed by atoms with Crippen molar-refractivity contribution in [1.29, 1.82) is 0 Å². The molecule has 0 aliphatic carbocycles. The van der Waals surface area contributed by atoms with E-state index in [1.54, 1.807) is 18.2 Å². The normalized spacial score (nSPS) is 18.1. The summed E-state index contributed by atoms with van der Waals surface area (Å²) < 4.78 is 25.0. The topological polar surface area (TPSA) is 96.4 Å². The van der Waals surface area contributed by atoms with Crippen LogP contribution in [0.1, 0.15) is 4.88 Å². The first kappa shape index (κ1) is 16.9. The van der Waals surface area contributed by atoms with Gasteiger partial charge in [0, 0.05) is 6.20 Å². The molecular formula is C14H13ClN3O4S2+. The van der Waals surface area contributed by atoms with Crippen molar-refractivity contribution < 1.29 is 22.2 Å². The highest BCUT2D eigenvalue weighted by atomic mass is 35.5. The van der Waals surface area contributed by atoms with Crippen molar-refractivity contribution in [3.63, 3.8) is 0 Å². The van der Waals surface area contributed by atoms with Crippen molar-refractivity contribution >= 4 is 50.4 Å². The molecule has 0 radical (unpaired) electrons. The van der Waals surface area contributed by atoms with Crippen LogP contribution in [0.15, 0.2) is 41.1 Å². The van der Waals surface area contributed by atoms with Crippen molar-refractivity contribution in [2.24, 2.45) is 0 Å². The van der Waals surface area contributed by atoms with E-state index < -0.39 is 25.6 Å². The molecule has 0 aromatic carbocycles. The second kappa shape index (κ2) is 5.55. The van der Waals surface area contributed by atoms with E-state index in [0.29, 0.717) is 0 Å². The monoisotopic (exact) mass is 386 g/mol. The molecule has 2 aromatic heterocycles. The lowest BCUT2D eigenvalue weighted by molar-refractivity contribution is -0.714. The van der Waals surface area contributed by atoms with E-state index in [1.807, 2.05) is 0 Å². The second-order valence-electron chi connectivity index (χ2n) is 5.44. The third kappa shape index (κ3) is 2.40. The number of nitrogens with one attached hydrogen (secondary N) is 1. The molecule has 2 N–H and O–H groups in total. The molecule has 126 valence electrons. The Balaban J connectivity index is 2.16. The summed E-state index contributed by atoms with van der Waals surface area (Å²) in [4.78, 5) is 16.6. The molecule has 10 heteroatoms. The number of sulfonamides is 1. The van der Waals surface area contributed by atoms with Gasteiger partial charge in [-0.25, -0.2) is 4.98 Å².